The molecule has 0 aliphatic carbocycles. The Morgan fingerprint density at radius 2 is 2.05 bits per heavy atom. The van der Waals surface area contributed by atoms with Gasteiger partial charge in [0.05, 0.1) is 15.6 Å². The summed E-state index contributed by atoms with van der Waals surface area (Å²) >= 11 is 1.10. The molecule has 5 nitrogen and oxygen atoms in total. The molecule has 118 valence electrons. The molecule has 0 bridgehead atoms. The van der Waals surface area contributed by atoms with Crippen LogP contribution in [0, 0.1) is 17.0 Å². The average Bonchev–Trinajstić information content (AvgIpc) is 2.89. The van der Waals surface area contributed by atoms with Crippen molar-refractivity contribution in [1.29, 1.82) is 0 Å². The first-order chi connectivity index (χ1) is 10.5. The number of rotatable bonds is 3. The number of amides is 1. The number of nitrogens with one attached hydrogen (secondary N) is 1. The number of hydrogen-bond acceptors (Lipinski definition) is 5. The van der Waals surface area contributed by atoms with Gasteiger partial charge in [-0.2, -0.15) is 0 Å². The zero-order valence-electron chi connectivity index (χ0n) is 11.7. The Bertz CT molecular complexity index is 674. The Kier molecular flexibility index (Phi) is 4.07. The number of halogens is 2. The van der Waals surface area contributed by atoms with Crippen molar-refractivity contribution in [3.8, 4) is 0 Å². The topological polar surface area (TPSA) is 77.2 Å². The largest absolute Gasteiger partial charge is 0.381 e. The molecule has 1 aromatic heterocycles. The van der Waals surface area contributed by atoms with Crippen molar-refractivity contribution in [2.75, 3.05) is 25.1 Å². The third-order valence-corrected chi connectivity index (χ3v) is 4.91. The highest BCUT2D eigenvalue weighted by atomic mass is 32.1. The van der Waals surface area contributed by atoms with Crippen LogP contribution in [-0.2, 0) is 9.53 Å². The van der Waals surface area contributed by atoms with Crippen LogP contribution in [0.1, 0.15) is 12.8 Å². The average molecular weight is 327 g/mol. The number of fused-ring (bicyclic) bond motifs is 1. The summed E-state index contributed by atoms with van der Waals surface area (Å²) in [4.78, 5) is 16.6. The summed E-state index contributed by atoms with van der Waals surface area (Å²) in [5.41, 5.74) is 5.41. The molecule has 1 aliphatic heterocycles. The second kappa shape index (κ2) is 5.86. The Morgan fingerprint density at radius 1 is 1.36 bits per heavy atom. The van der Waals surface area contributed by atoms with E-state index in [0.717, 1.165) is 23.5 Å². The molecule has 0 saturated carbocycles. The van der Waals surface area contributed by atoms with Crippen molar-refractivity contribution < 1.29 is 18.3 Å². The Morgan fingerprint density at radius 3 is 2.73 bits per heavy atom. The van der Waals surface area contributed by atoms with Gasteiger partial charge in [0.25, 0.3) is 0 Å². The highest BCUT2D eigenvalue weighted by molar-refractivity contribution is 7.22. The lowest BCUT2D eigenvalue weighted by Gasteiger charge is -2.34. The van der Waals surface area contributed by atoms with Crippen LogP contribution in [0.25, 0.3) is 10.2 Å². The standard InChI is InChI=1S/C14H15F2N3O2S/c15-8-5-10-11(6-9(8)16)22-13(18-10)19-12(20)14(7-17)1-3-21-4-2-14/h5-6H,1-4,7,17H2,(H,18,19,20). The number of carbonyl (C=O) groups excluding carboxylic acids is 1. The van der Waals surface area contributed by atoms with E-state index in [9.17, 15) is 13.6 Å². The fraction of sp³-hybridized carbons (Fsp3) is 0.429. The van der Waals surface area contributed by atoms with Gasteiger partial charge in [-0.15, -0.1) is 0 Å². The molecule has 0 spiro atoms. The van der Waals surface area contributed by atoms with Gasteiger partial charge in [-0.25, -0.2) is 13.8 Å². The number of nitrogens with zero attached hydrogens (tertiary/aromatic N) is 1. The van der Waals surface area contributed by atoms with Gasteiger partial charge in [0.15, 0.2) is 16.8 Å². The van der Waals surface area contributed by atoms with Crippen LogP contribution < -0.4 is 11.1 Å². The van der Waals surface area contributed by atoms with Gasteiger partial charge in [0, 0.05) is 25.8 Å². The molecule has 3 rings (SSSR count). The lowest BCUT2D eigenvalue weighted by Crippen LogP contribution is -2.46. The summed E-state index contributed by atoms with van der Waals surface area (Å²) in [6.45, 7) is 1.19. The van der Waals surface area contributed by atoms with Crippen LogP contribution in [-0.4, -0.2) is 30.6 Å². The maximum absolute atomic E-state index is 13.2. The van der Waals surface area contributed by atoms with Gasteiger partial charge >= 0.3 is 0 Å². The number of nitrogens with two attached hydrogens (primary N) is 1. The minimum atomic E-state index is -0.960. The quantitative estimate of drug-likeness (QED) is 0.906. The highest BCUT2D eigenvalue weighted by Crippen LogP contribution is 2.33. The van der Waals surface area contributed by atoms with Gasteiger partial charge in [0.2, 0.25) is 5.91 Å². The maximum Gasteiger partial charge on any atom is 0.233 e. The lowest BCUT2D eigenvalue weighted by atomic mass is 9.79. The first-order valence-electron chi connectivity index (χ1n) is 6.89. The van der Waals surface area contributed by atoms with E-state index in [4.69, 9.17) is 10.5 Å². The molecule has 1 aliphatic rings. The number of thiazole rings is 1. The first-order valence-corrected chi connectivity index (χ1v) is 7.71. The fourth-order valence-electron chi connectivity index (χ4n) is 2.49. The summed E-state index contributed by atoms with van der Waals surface area (Å²) in [7, 11) is 0. The second-order valence-electron chi connectivity index (χ2n) is 5.30. The zero-order chi connectivity index (χ0) is 15.7. The van der Waals surface area contributed by atoms with E-state index >= 15 is 0 Å². The van der Waals surface area contributed by atoms with Crippen LogP contribution in [0.5, 0.6) is 0 Å². The van der Waals surface area contributed by atoms with Crippen LogP contribution in [0.2, 0.25) is 0 Å². The molecule has 3 N–H and O–H groups in total. The summed E-state index contributed by atoms with van der Waals surface area (Å²) in [5.74, 6) is -2.12. The first kappa shape index (κ1) is 15.3. The van der Waals surface area contributed by atoms with E-state index in [1.54, 1.807) is 0 Å². The zero-order valence-corrected chi connectivity index (χ0v) is 12.5. The van der Waals surface area contributed by atoms with Crippen LogP contribution >= 0.6 is 11.3 Å². The normalized spacial score (nSPS) is 17.6. The van der Waals surface area contributed by atoms with Gasteiger partial charge in [0.1, 0.15) is 0 Å². The minimum Gasteiger partial charge on any atom is -0.381 e. The third kappa shape index (κ3) is 2.69. The van der Waals surface area contributed by atoms with E-state index in [0.29, 0.717) is 41.4 Å². The molecular formula is C14H15F2N3O2S. The summed E-state index contributed by atoms with van der Waals surface area (Å²) in [6, 6.07) is 2.09. The Hall–Kier alpha value is -1.64. The number of benzene rings is 1. The Balaban J connectivity index is 1.84. The van der Waals surface area contributed by atoms with E-state index in [-0.39, 0.29) is 12.5 Å². The smallest absolute Gasteiger partial charge is 0.233 e. The SMILES string of the molecule is NCC1(C(=O)Nc2nc3cc(F)c(F)cc3s2)CCOCC1. The lowest BCUT2D eigenvalue weighted by molar-refractivity contribution is -0.130. The molecular weight excluding hydrogens is 312 g/mol. The number of carbonyl (C=O) groups is 1. The van der Waals surface area contributed by atoms with Crippen molar-refractivity contribution in [3.63, 3.8) is 0 Å². The molecule has 0 unspecified atom stereocenters. The second-order valence-corrected chi connectivity index (χ2v) is 6.33. The molecule has 1 amide bonds. The number of anilines is 1. The minimum absolute atomic E-state index is 0.219. The Labute approximate surface area is 129 Å². The van der Waals surface area contributed by atoms with Gasteiger partial charge in [-0.1, -0.05) is 11.3 Å². The molecule has 2 heterocycles. The molecule has 0 radical (unpaired) electrons. The van der Waals surface area contributed by atoms with Gasteiger partial charge in [-0.05, 0) is 18.9 Å². The van der Waals surface area contributed by atoms with Crippen LogP contribution in [0.4, 0.5) is 13.9 Å². The van der Waals surface area contributed by atoms with Crippen LogP contribution in [0.3, 0.4) is 0 Å². The van der Waals surface area contributed by atoms with E-state index < -0.39 is 17.0 Å². The van der Waals surface area contributed by atoms with E-state index in [1.165, 1.54) is 0 Å². The third-order valence-electron chi connectivity index (χ3n) is 3.97. The molecule has 8 heteroatoms. The molecule has 1 saturated heterocycles. The van der Waals surface area contributed by atoms with E-state index in [1.807, 2.05) is 0 Å². The summed E-state index contributed by atoms with van der Waals surface area (Å²) in [5, 5.41) is 3.03. The molecule has 2 aromatic rings. The van der Waals surface area contributed by atoms with Crippen molar-refractivity contribution >= 4 is 32.6 Å². The fourth-order valence-corrected chi connectivity index (χ4v) is 3.36. The van der Waals surface area contributed by atoms with Gasteiger partial charge < -0.3 is 15.8 Å². The number of aromatic nitrogens is 1. The van der Waals surface area contributed by atoms with Crippen molar-refractivity contribution in [2.45, 2.75) is 12.8 Å². The van der Waals surface area contributed by atoms with E-state index in [2.05, 4.69) is 10.3 Å². The number of hydrogen-bond donors (Lipinski definition) is 2. The monoisotopic (exact) mass is 327 g/mol. The molecule has 22 heavy (non-hydrogen) atoms. The maximum atomic E-state index is 13.2. The summed E-state index contributed by atoms with van der Waals surface area (Å²) < 4.78 is 32.2. The van der Waals surface area contributed by atoms with Crippen molar-refractivity contribution in [2.24, 2.45) is 11.1 Å². The highest BCUT2D eigenvalue weighted by Gasteiger charge is 2.39. The molecule has 0 atom stereocenters. The van der Waals surface area contributed by atoms with Crippen molar-refractivity contribution in [1.82, 2.24) is 4.98 Å². The number of ether oxygens (including phenoxy) is 1. The summed E-state index contributed by atoms with van der Waals surface area (Å²) in [6.07, 6.45) is 1.09. The van der Waals surface area contributed by atoms with Crippen LogP contribution in [0.15, 0.2) is 12.1 Å². The molecule has 1 aromatic carbocycles. The van der Waals surface area contributed by atoms with Crippen molar-refractivity contribution in [3.05, 3.63) is 23.8 Å². The predicted octanol–water partition coefficient (Wildman–Crippen LogP) is 2.27. The molecule has 1 fully saturated rings. The van der Waals surface area contributed by atoms with Gasteiger partial charge in [-0.3, -0.25) is 4.79 Å². The predicted molar refractivity (Wildman–Crippen MR) is 79.7 cm³/mol.